The maximum Gasteiger partial charge on any atom is 0.118 e. The van der Waals surface area contributed by atoms with E-state index in [2.05, 4.69) is 36.7 Å². The number of aliphatic hydroxyl groups excluding tert-OH is 1. The highest BCUT2D eigenvalue weighted by atomic mass is 16.3. The molecule has 0 bridgehead atoms. The van der Waals surface area contributed by atoms with Gasteiger partial charge in [0.2, 0.25) is 0 Å². The van der Waals surface area contributed by atoms with Crippen molar-refractivity contribution in [2.24, 2.45) is 0 Å². The van der Waals surface area contributed by atoms with E-state index in [9.17, 15) is 0 Å². The number of rotatable bonds is 9. The van der Waals surface area contributed by atoms with E-state index in [0.717, 1.165) is 24.4 Å². The number of aliphatic hydroxyl groups is 1. The predicted octanol–water partition coefficient (Wildman–Crippen LogP) is 1.76. The molecule has 1 heterocycles. The van der Waals surface area contributed by atoms with Gasteiger partial charge >= 0.3 is 0 Å². The van der Waals surface area contributed by atoms with Crippen molar-refractivity contribution in [3.63, 3.8) is 0 Å². The highest BCUT2D eigenvalue weighted by molar-refractivity contribution is 5.12. The third kappa shape index (κ3) is 5.49. The molecule has 0 aliphatic rings. The monoisotopic (exact) mass is 252 g/mol. The van der Waals surface area contributed by atoms with Gasteiger partial charge in [0.1, 0.15) is 5.76 Å². The maximum absolute atomic E-state index is 8.98. The van der Waals surface area contributed by atoms with Crippen LogP contribution in [0.3, 0.4) is 0 Å². The smallest absolute Gasteiger partial charge is 0.118 e. The number of hydrogen-bond donors (Lipinski definition) is 2. The summed E-state index contributed by atoms with van der Waals surface area (Å²) >= 11 is 0. The van der Waals surface area contributed by atoms with Crippen LogP contribution in [0.4, 0.5) is 0 Å². The minimum absolute atomic E-state index is 0.149. The quantitative estimate of drug-likeness (QED) is 0.658. The topological polar surface area (TPSA) is 48.6 Å². The fraction of sp³-hybridized carbons (Fsp3) is 0.571. The van der Waals surface area contributed by atoms with Crippen molar-refractivity contribution in [2.45, 2.75) is 33.0 Å². The van der Waals surface area contributed by atoms with Crippen LogP contribution in [0.5, 0.6) is 0 Å². The molecule has 0 saturated heterocycles. The first kappa shape index (κ1) is 15.0. The van der Waals surface area contributed by atoms with E-state index in [1.807, 2.05) is 6.08 Å². The fourth-order valence-electron chi connectivity index (χ4n) is 1.70. The van der Waals surface area contributed by atoms with Crippen LogP contribution in [0.1, 0.15) is 25.2 Å². The molecule has 0 atom stereocenters. The van der Waals surface area contributed by atoms with Crippen LogP contribution in [-0.4, -0.2) is 35.7 Å². The molecule has 18 heavy (non-hydrogen) atoms. The number of hydrogen-bond acceptors (Lipinski definition) is 4. The SMILES string of the molecule is C=CCN(CCO)Cc1cc(CNC(C)C)co1. The van der Waals surface area contributed by atoms with Crippen molar-refractivity contribution in [2.75, 3.05) is 19.7 Å². The van der Waals surface area contributed by atoms with Gasteiger partial charge in [-0.25, -0.2) is 0 Å². The van der Waals surface area contributed by atoms with Crippen LogP contribution in [-0.2, 0) is 13.1 Å². The summed E-state index contributed by atoms with van der Waals surface area (Å²) in [7, 11) is 0. The van der Waals surface area contributed by atoms with Crippen LogP contribution in [0.25, 0.3) is 0 Å². The molecule has 0 saturated carbocycles. The molecule has 0 spiro atoms. The molecule has 2 N–H and O–H groups in total. The molecule has 0 unspecified atom stereocenters. The van der Waals surface area contributed by atoms with Gasteiger partial charge in [0.15, 0.2) is 0 Å². The van der Waals surface area contributed by atoms with E-state index in [4.69, 9.17) is 9.52 Å². The lowest BCUT2D eigenvalue weighted by Gasteiger charge is -2.17. The summed E-state index contributed by atoms with van der Waals surface area (Å²) in [5, 5.41) is 12.3. The Morgan fingerprint density at radius 2 is 2.33 bits per heavy atom. The third-order valence-corrected chi connectivity index (χ3v) is 2.61. The molecular formula is C14H24N2O2. The van der Waals surface area contributed by atoms with Crippen LogP contribution in [0.15, 0.2) is 29.4 Å². The molecule has 0 aromatic carbocycles. The summed E-state index contributed by atoms with van der Waals surface area (Å²) in [5.41, 5.74) is 1.15. The summed E-state index contributed by atoms with van der Waals surface area (Å²) in [6.45, 7) is 11.0. The lowest BCUT2D eigenvalue weighted by molar-refractivity contribution is 0.194. The second-order valence-corrected chi connectivity index (χ2v) is 4.70. The van der Waals surface area contributed by atoms with Crippen molar-refractivity contribution < 1.29 is 9.52 Å². The van der Waals surface area contributed by atoms with Gasteiger partial charge in [-0.15, -0.1) is 6.58 Å². The summed E-state index contributed by atoms with van der Waals surface area (Å²) in [6, 6.07) is 2.53. The second kappa shape index (κ2) is 8.08. The minimum Gasteiger partial charge on any atom is -0.468 e. The molecule has 0 radical (unpaired) electrons. The average molecular weight is 252 g/mol. The zero-order chi connectivity index (χ0) is 13.4. The Balaban J connectivity index is 2.48. The normalized spacial score (nSPS) is 11.4. The number of nitrogens with one attached hydrogen (secondary N) is 1. The summed E-state index contributed by atoms with van der Waals surface area (Å²) in [5.74, 6) is 0.922. The Morgan fingerprint density at radius 3 is 2.94 bits per heavy atom. The Hall–Kier alpha value is -1.10. The van der Waals surface area contributed by atoms with Gasteiger partial charge in [0.05, 0.1) is 19.4 Å². The van der Waals surface area contributed by atoms with Crippen molar-refractivity contribution >= 4 is 0 Å². The van der Waals surface area contributed by atoms with E-state index >= 15 is 0 Å². The van der Waals surface area contributed by atoms with Crippen LogP contribution in [0.2, 0.25) is 0 Å². The summed E-state index contributed by atoms with van der Waals surface area (Å²) < 4.78 is 5.52. The van der Waals surface area contributed by atoms with Gasteiger partial charge in [-0.05, 0) is 6.07 Å². The third-order valence-electron chi connectivity index (χ3n) is 2.61. The van der Waals surface area contributed by atoms with Gasteiger partial charge in [-0.1, -0.05) is 19.9 Å². The van der Waals surface area contributed by atoms with E-state index in [1.54, 1.807) is 6.26 Å². The second-order valence-electron chi connectivity index (χ2n) is 4.70. The van der Waals surface area contributed by atoms with Crippen molar-refractivity contribution in [1.82, 2.24) is 10.2 Å². The molecule has 0 fully saturated rings. The zero-order valence-electron chi connectivity index (χ0n) is 11.4. The molecule has 1 aromatic rings. The molecule has 1 aromatic heterocycles. The molecule has 0 aliphatic heterocycles. The van der Waals surface area contributed by atoms with Crippen molar-refractivity contribution in [3.8, 4) is 0 Å². The Kier molecular flexibility index (Phi) is 6.72. The van der Waals surface area contributed by atoms with Gasteiger partial charge in [-0.2, -0.15) is 0 Å². The first-order chi connectivity index (χ1) is 8.65. The summed E-state index contributed by atoms with van der Waals surface area (Å²) in [4.78, 5) is 2.09. The number of nitrogens with zero attached hydrogens (tertiary/aromatic N) is 1. The highest BCUT2D eigenvalue weighted by Crippen LogP contribution is 2.10. The van der Waals surface area contributed by atoms with E-state index in [0.29, 0.717) is 19.1 Å². The molecule has 4 nitrogen and oxygen atoms in total. The summed E-state index contributed by atoms with van der Waals surface area (Å²) in [6.07, 6.45) is 3.62. The molecule has 4 heteroatoms. The first-order valence-electron chi connectivity index (χ1n) is 6.39. The van der Waals surface area contributed by atoms with Crippen molar-refractivity contribution in [3.05, 3.63) is 36.3 Å². The maximum atomic E-state index is 8.98. The van der Waals surface area contributed by atoms with Crippen molar-refractivity contribution in [1.29, 1.82) is 0 Å². The molecule has 0 aliphatic carbocycles. The minimum atomic E-state index is 0.149. The predicted molar refractivity (Wildman–Crippen MR) is 73.2 cm³/mol. The molecule has 102 valence electrons. The number of furan rings is 1. The van der Waals surface area contributed by atoms with Gasteiger partial charge in [-0.3, -0.25) is 4.90 Å². The van der Waals surface area contributed by atoms with Gasteiger partial charge < -0.3 is 14.8 Å². The lowest BCUT2D eigenvalue weighted by Crippen LogP contribution is -2.26. The van der Waals surface area contributed by atoms with E-state index in [-0.39, 0.29) is 6.61 Å². The molecule has 0 amide bonds. The Labute approximate surface area is 109 Å². The van der Waals surface area contributed by atoms with Crippen LogP contribution >= 0.6 is 0 Å². The van der Waals surface area contributed by atoms with E-state index in [1.165, 1.54) is 0 Å². The molecule has 1 rings (SSSR count). The lowest BCUT2D eigenvalue weighted by atomic mass is 10.2. The zero-order valence-corrected chi connectivity index (χ0v) is 11.4. The average Bonchev–Trinajstić information content (AvgIpc) is 2.75. The highest BCUT2D eigenvalue weighted by Gasteiger charge is 2.08. The van der Waals surface area contributed by atoms with E-state index < -0.39 is 0 Å². The Morgan fingerprint density at radius 1 is 1.56 bits per heavy atom. The largest absolute Gasteiger partial charge is 0.468 e. The Bertz CT molecular complexity index is 347. The van der Waals surface area contributed by atoms with Gasteiger partial charge in [0, 0.05) is 31.2 Å². The molecular weight excluding hydrogens is 228 g/mol. The van der Waals surface area contributed by atoms with Crippen LogP contribution < -0.4 is 5.32 Å². The standard InChI is InChI=1S/C14H24N2O2/c1-4-5-16(6-7-17)10-14-8-13(11-18-14)9-15-12(2)3/h4,8,11-12,15,17H,1,5-7,9-10H2,2-3H3. The van der Waals surface area contributed by atoms with Crippen LogP contribution in [0, 0.1) is 0 Å². The first-order valence-corrected chi connectivity index (χ1v) is 6.39. The fourth-order valence-corrected chi connectivity index (χ4v) is 1.70. The van der Waals surface area contributed by atoms with Gasteiger partial charge in [0.25, 0.3) is 0 Å².